The molecule has 1 aromatic rings. The van der Waals surface area contributed by atoms with Gasteiger partial charge in [-0.2, -0.15) is 0 Å². The molecule has 6 nitrogen and oxygen atoms in total. The number of aromatic nitrogens is 4. The van der Waals surface area contributed by atoms with E-state index in [2.05, 4.69) is 25.1 Å². The summed E-state index contributed by atoms with van der Waals surface area (Å²) in [6.07, 6.45) is 23.4. The molecule has 0 atom stereocenters. The van der Waals surface area contributed by atoms with E-state index in [4.69, 9.17) is 0 Å². The molecular formula is C26H45N5O. The van der Waals surface area contributed by atoms with Gasteiger partial charge in [0.2, 0.25) is 5.91 Å². The first kappa shape index (κ1) is 23.7. The van der Waals surface area contributed by atoms with Gasteiger partial charge in [-0.1, -0.05) is 70.6 Å². The van der Waals surface area contributed by atoms with E-state index in [9.17, 15) is 4.79 Å². The van der Waals surface area contributed by atoms with Gasteiger partial charge in [-0.05, 0) is 60.8 Å². The summed E-state index contributed by atoms with van der Waals surface area (Å²) in [5, 5.41) is 12.5. The molecule has 0 aliphatic heterocycles. The van der Waals surface area contributed by atoms with E-state index in [0.29, 0.717) is 18.4 Å². The molecule has 32 heavy (non-hydrogen) atoms. The summed E-state index contributed by atoms with van der Waals surface area (Å²) in [6, 6.07) is 0.461. The average molecular weight is 444 g/mol. The lowest BCUT2D eigenvalue weighted by Crippen LogP contribution is -2.37. The lowest BCUT2D eigenvalue weighted by atomic mass is 9.86. The Kier molecular flexibility index (Phi) is 9.40. The Bertz CT molecular complexity index is 672. The zero-order valence-corrected chi connectivity index (χ0v) is 20.2. The van der Waals surface area contributed by atoms with E-state index in [1.165, 1.54) is 103 Å². The van der Waals surface area contributed by atoms with Gasteiger partial charge in [0.1, 0.15) is 0 Å². The van der Waals surface area contributed by atoms with Crippen molar-refractivity contribution >= 4 is 5.91 Å². The number of rotatable bonds is 10. The molecule has 0 N–H and O–H groups in total. The van der Waals surface area contributed by atoms with Crippen LogP contribution in [0.4, 0.5) is 0 Å². The first-order valence-electron chi connectivity index (χ1n) is 13.8. The Morgan fingerprint density at radius 2 is 1.47 bits per heavy atom. The summed E-state index contributed by atoms with van der Waals surface area (Å²) in [4.78, 5) is 15.5. The summed E-state index contributed by atoms with van der Waals surface area (Å²) in [7, 11) is 0. The molecule has 1 heterocycles. The molecule has 0 aromatic carbocycles. The molecule has 4 rings (SSSR count). The highest BCUT2D eigenvalue weighted by Crippen LogP contribution is 2.29. The number of amides is 1. The standard InChI is InChI=1S/C26H45N5O/c32-26(18-10-17-25-27-28-29-31(25)24-15-8-3-9-16-24)30(21-23-13-6-2-7-14-23)20-19-22-11-4-1-5-12-22/h22-24H,1-21H2. The van der Waals surface area contributed by atoms with Crippen LogP contribution in [-0.2, 0) is 11.2 Å². The minimum absolute atomic E-state index is 0.364. The SMILES string of the molecule is O=C(CCCc1nnnn1C1CCCCC1)N(CCC1CCCCC1)CC1CCCCC1. The molecule has 1 amide bonds. The van der Waals surface area contributed by atoms with Crippen molar-refractivity contribution in [1.29, 1.82) is 0 Å². The van der Waals surface area contributed by atoms with Gasteiger partial charge < -0.3 is 4.90 Å². The molecule has 6 heteroatoms. The molecule has 1 aromatic heterocycles. The van der Waals surface area contributed by atoms with Gasteiger partial charge in [0.05, 0.1) is 6.04 Å². The van der Waals surface area contributed by atoms with E-state index in [1.54, 1.807) is 0 Å². The molecule has 3 saturated carbocycles. The third kappa shape index (κ3) is 7.02. The van der Waals surface area contributed by atoms with Gasteiger partial charge in [0.25, 0.3) is 0 Å². The van der Waals surface area contributed by atoms with E-state index in [1.807, 2.05) is 0 Å². The first-order valence-corrected chi connectivity index (χ1v) is 13.8. The Morgan fingerprint density at radius 1 is 0.844 bits per heavy atom. The van der Waals surface area contributed by atoms with Gasteiger partial charge in [0.15, 0.2) is 5.82 Å². The minimum Gasteiger partial charge on any atom is -0.342 e. The molecule has 3 aliphatic carbocycles. The number of carbonyl (C=O) groups excluding carboxylic acids is 1. The number of tetrazole rings is 1. The predicted octanol–water partition coefficient (Wildman–Crippen LogP) is 5.88. The molecule has 0 unspecified atom stereocenters. The summed E-state index contributed by atoms with van der Waals surface area (Å²) in [5.41, 5.74) is 0. The molecule has 180 valence electrons. The van der Waals surface area contributed by atoms with E-state index in [0.717, 1.165) is 43.6 Å². The van der Waals surface area contributed by atoms with Gasteiger partial charge in [-0.25, -0.2) is 4.68 Å². The highest BCUT2D eigenvalue weighted by molar-refractivity contribution is 5.76. The average Bonchev–Trinajstić information content (AvgIpc) is 3.32. The smallest absolute Gasteiger partial charge is 0.222 e. The monoisotopic (exact) mass is 443 g/mol. The molecule has 0 bridgehead atoms. The van der Waals surface area contributed by atoms with Crippen molar-refractivity contribution in [3.8, 4) is 0 Å². The van der Waals surface area contributed by atoms with Crippen molar-refractivity contribution in [2.75, 3.05) is 13.1 Å². The van der Waals surface area contributed by atoms with Gasteiger partial charge in [-0.15, -0.1) is 5.10 Å². The van der Waals surface area contributed by atoms with Crippen LogP contribution in [0.25, 0.3) is 0 Å². The highest BCUT2D eigenvalue weighted by atomic mass is 16.2. The zero-order chi connectivity index (χ0) is 22.0. The normalized spacial score (nSPS) is 21.6. The molecule has 0 radical (unpaired) electrons. The Labute approximate surface area is 194 Å². The van der Waals surface area contributed by atoms with Crippen LogP contribution in [0.2, 0.25) is 0 Å². The maximum Gasteiger partial charge on any atom is 0.222 e. The maximum absolute atomic E-state index is 13.3. The summed E-state index contributed by atoms with van der Waals surface area (Å²) in [6.45, 7) is 1.96. The first-order chi connectivity index (χ1) is 15.8. The van der Waals surface area contributed by atoms with Gasteiger partial charge >= 0.3 is 0 Å². The Hall–Kier alpha value is -1.46. The van der Waals surface area contributed by atoms with Gasteiger partial charge in [0, 0.05) is 25.9 Å². The van der Waals surface area contributed by atoms with Crippen molar-refractivity contribution in [1.82, 2.24) is 25.1 Å². The summed E-state index contributed by atoms with van der Waals surface area (Å²) in [5.74, 6) is 2.90. The van der Waals surface area contributed by atoms with Crippen LogP contribution < -0.4 is 0 Å². The van der Waals surface area contributed by atoms with Crippen LogP contribution in [0.5, 0.6) is 0 Å². The second kappa shape index (κ2) is 12.7. The van der Waals surface area contributed by atoms with E-state index >= 15 is 0 Å². The van der Waals surface area contributed by atoms with E-state index < -0.39 is 0 Å². The van der Waals surface area contributed by atoms with Crippen LogP contribution in [0, 0.1) is 11.8 Å². The fourth-order valence-electron chi connectivity index (χ4n) is 6.36. The predicted molar refractivity (Wildman–Crippen MR) is 127 cm³/mol. The van der Waals surface area contributed by atoms with Crippen LogP contribution >= 0.6 is 0 Å². The summed E-state index contributed by atoms with van der Waals surface area (Å²) >= 11 is 0. The number of hydrogen-bond donors (Lipinski definition) is 0. The fourth-order valence-corrected chi connectivity index (χ4v) is 6.36. The third-order valence-electron chi connectivity index (χ3n) is 8.36. The lowest BCUT2D eigenvalue weighted by Gasteiger charge is -2.32. The largest absolute Gasteiger partial charge is 0.342 e. The Morgan fingerprint density at radius 3 is 2.16 bits per heavy atom. The molecular weight excluding hydrogens is 398 g/mol. The van der Waals surface area contributed by atoms with Gasteiger partial charge in [-0.3, -0.25) is 4.79 Å². The van der Waals surface area contributed by atoms with Crippen molar-refractivity contribution in [3.63, 3.8) is 0 Å². The lowest BCUT2D eigenvalue weighted by molar-refractivity contribution is -0.132. The second-order valence-corrected chi connectivity index (χ2v) is 10.8. The Balaban J connectivity index is 1.27. The van der Waals surface area contributed by atoms with E-state index in [-0.39, 0.29) is 0 Å². The quantitative estimate of drug-likeness (QED) is 0.453. The number of aryl methyl sites for hydroxylation is 1. The minimum atomic E-state index is 0.364. The highest BCUT2D eigenvalue weighted by Gasteiger charge is 2.24. The van der Waals surface area contributed by atoms with Crippen LogP contribution in [0.3, 0.4) is 0 Å². The number of hydrogen-bond acceptors (Lipinski definition) is 4. The topological polar surface area (TPSA) is 63.9 Å². The zero-order valence-electron chi connectivity index (χ0n) is 20.2. The molecule has 3 fully saturated rings. The van der Waals surface area contributed by atoms with Crippen molar-refractivity contribution in [2.45, 2.75) is 128 Å². The van der Waals surface area contributed by atoms with Crippen LogP contribution in [0.15, 0.2) is 0 Å². The molecule has 3 aliphatic rings. The van der Waals surface area contributed by atoms with Crippen molar-refractivity contribution in [3.05, 3.63) is 5.82 Å². The van der Waals surface area contributed by atoms with Crippen LogP contribution in [0.1, 0.15) is 127 Å². The molecule has 0 saturated heterocycles. The van der Waals surface area contributed by atoms with Crippen molar-refractivity contribution < 1.29 is 4.79 Å². The third-order valence-corrected chi connectivity index (χ3v) is 8.36. The summed E-state index contributed by atoms with van der Waals surface area (Å²) < 4.78 is 2.06. The molecule has 0 spiro atoms. The fraction of sp³-hybridized carbons (Fsp3) is 0.923. The number of nitrogens with zero attached hydrogens (tertiary/aromatic N) is 5. The van der Waals surface area contributed by atoms with Crippen LogP contribution in [-0.4, -0.2) is 44.1 Å². The maximum atomic E-state index is 13.3. The number of carbonyl (C=O) groups is 1. The second-order valence-electron chi connectivity index (χ2n) is 10.8. The van der Waals surface area contributed by atoms with Crippen molar-refractivity contribution in [2.24, 2.45) is 11.8 Å².